The van der Waals surface area contributed by atoms with Crippen LogP contribution >= 0.6 is 11.3 Å². The molecule has 248 valence electrons. The Hall–Kier alpha value is -4.06. The van der Waals surface area contributed by atoms with Gasteiger partial charge in [-0.2, -0.15) is 0 Å². The number of thiazole rings is 1. The minimum atomic E-state index is -1.53. The highest BCUT2D eigenvalue weighted by atomic mass is 32.1. The van der Waals surface area contributed by atoms with Gasteiger partial charge in [-0.05, 0) is 81.0 Å². The number of carbonyl (C=O) groups excluding carboxylic acids is 2. The summed E-state index contributed by atoms with van der Waals surface area (Å²) in [6.07, 6.45) is 4.07. The first-order valence-corrected chi connectivity index (χ1v) is 16.7. The van der Waals surface area contributed by atoms with E-state index in [4.69, 9.17) is 0 Å². The SMILES string of the molecule is Cc1csc(C2CCCN2C(=O)c2cc(CF)cc(C(=O)N[C@@H](Cc3ccccc3)[C@H](O)CNCc3cncc(C(C)(C)F)c3)c2)n1. The molecule has 3 heterocycles. The molecule has 1 unspecified atom stereocenters. The first-order chi connectivity index (χ1) is 22.5. The number of halogens is 2. The second-order valence-corrected chi connectivity index (χ2v) is 13.4. The molecule has 2 aromatic carbocycles. The van der Waals surface area contributed by atoms with E-state index in [1.165, 1.54) is 49.6 Å². The van der Waals surface area contributed by atoms with Crippen molar-refractivity contribution >= 4 is 23.2 Å². The molecule has 2 aromatic heterocycles. The normalized spacial score (nSPS) is 16.2. The predicted octanol–water partition coefficient (Wildman–Crippen LogP) is 5.99. The Morgan fingerprint density at radius 3 is 2.55 bits per heavy atom. The number of rotatable bonds is 13. The second-order valence-electron chi connectivity index (χ2n) is 12.6. The molecule has 8 nitrogen and oxygen atoms in total. The van der Waals surface area contributed by atoms with Gasteiger partial charge in [-0.15, -0.1) is 11.3 Å². The van der Waals surface area contributed by atoms with E-state index in [-0.39, 0.29) is 35.2 Å². The van der Waals surface area contributed by atoms with Gasteiger partial charge in [-0.1, -0.05) is 30.3 Å². The summed E-state index contributed by atoms with van der Waals surface area (Å²) in [5.41, 5.74) is 2.08. The Morgan fingerprint density at radius 2 is 1.85 bits per heavy atom. The van der Waals surface area contributed by atoms with Crippen LogP contribution in [-0.2, 0) is 25.3 Å². The number of likely N-dealkylation sites (tertiary alicyclic amines) is 1. The van der Waals surface area contributed by atoms with Crippen LogP contribution in [0.2, 0.25) is 0 Å². The van der Waals surface area contributed by atoms with Gasteiger partial charge >= 0.3 is 0 Å². The molecule has 3 atom stereocenters. The summed E-state index contributed by atoms with van der Waals surface area (Å²) in [6.45, 7) is 5.02. The number of nitrogens with zero attached hydrogens (tertiary/aromatic N) is 3. The molecule has 47 heavy (non-hydrogen) atoms. The zero-order valence-electron chi connectivity index (χ0n) is 26.9. The Labute approximate surface area is 278 Å². The number of hydrogen-bond donors (Lipinski definition) is 3. The Balaban J connectivity index is 1.31. The number of amides is 2. The van der Waals surface area contributed by atoms with Crippen LogP contribution in [0.4, 0.5) is 8.78 Å². The van der Waals surface area contributed by atoms with Crippen molar-refractivity contribution in [3.05, 3.63) is 116 Å². The monoisotopic (exact) mass is 661 g/mol. The number of pyridine rings is 1. The molecule has 5 rings (SSSR count). The quantitative estimate of drug-likeness (QED) is 0.163. The van der Waals surface area contributed by atoms with E-state index in [1.54, 1.807) is 17.2 Å². The third kappa shape index (κ3) is 8.85. The number of carbonyl (C=O) groups is 2. The van der Waals surface area contributed by atoms with Crippen molar-refractivity contribution in [2.24, 2.45) is 0 Å². The smallest absolute Gasteiger partial charge is 0.254 e. The van der Waals surface area contributed by atoms with Gasteiger partial charge in [-0.25, -0.2) is 13.8 Å². The maximum atomic E-state index is 14.4. The van der Waals surface area contributed by atoms with Gasteiger partial charge in [0.25, 0.3) is 11.8 Å². The van der Waals surface area contributed by atoms with E-state index in [1.807, 2.05) is 42.6 Å². The number of hydrogen-bond acceptors (Lipinski definition) is 7. The van der Waals surface area contributed by atoms with Gasteiger partial charge in [0, 0.05) is 59.8 Å². The third-order valence-electron chi connectivity index (χ3n) is 8.34. The molecule has 1 aliphatic heterocycles. The fourth-order valence-corrected chi connectivity index (χ4v) is 6.74. The third-order valence-corrected chi connectivity index (χ3v) is 9.40. The van der Waals surface area contributed by atoms with Gasteiger partial charge in [-0.3, -0.25) is 14.6 Å². The highest BCUT2D eigenvalue weighted by Crippen LogP contribution is 2.35. The number of aliphatic hydroxyl groups is 1. The topological polar surface area (TPSA) is 107 Å². The maximum absolute atomic E-state index is 14.4. The van der Waals surface area contributed by atoms with Crippen molar-refractivity contribution in [2.45, 2.75) is 77.1 Å². The molecule has 3 N–H and O–H groups in total. The summed E-state index contributed by atoms with van der Waals surface area (Å²) in [5.74, 6) is -0.797. The number of aromatic nitrogens is 2. The fraction of sp³-hybridized carbons (Fsp3) is 0.389. The molecule has 4 aromatic rings. The molecule has 1 fully saturated rings. The predicted molar refractivity (Wildman–Crippen MR) is 179 cm³/mol. The Morgan fingerprint density at radius 1 is 1.09 bits per heavy atom. The molecule has 0 bridgehead atoms. The summed E-state index contributed by atoms with van der Waals surface area (Å²) in [7, 11) is 0. The van der Waals surface area contributed by atoms with Gasteiger partial charge in [0.15, 0.2) is 0 Å². The van der Waals surface area contributed by atoms with E-state index < -0.39 is 30.4 Å². The van der Waals surface area contributed by atoms with Crippen LogP contribution in [0.3, 0.4) is 0 Å². The lowest BCUT2D eigenvalue weighted by Crippen LogP contribution is -2.48. The van der Waals surface area contributed by atoms with Gasteiger partial charge in [0.1, 0.15) is 17.4 Å². The second kappa shape index (κ2) is 15.2. The molecule has 0 aliphatic carbocycles. The van der Waals surface area contributed by atoms with Crippen molar-refractivity contribution < 1.29 is 23.5 Å². The van der Waals surface area contributed by atoms with Gasteiger partial charge in [0.05, 0.1) is 18.2 Å². The zero-order valence-corrected chi connectivity index (χ0v) is 27.7. The lowest BCUT2D eigenvalue weighted by atomic mass is 9.99. The van der Waals surface area contributed by atoms with E-state index >= 15 is 0 Å². The van der Waals surface area contributed by atoms with E-state index in [0.717, 1.165) is 34.7 Å². The summed E-state index contributed by atoms with van der Waals surface area (Å²) in [5, 5.41) is 20.2. The first-order valence-electron chi connectivity index (χ1n) is 15.8. The number of nitrogens with one attached hydrogen (secondary N) is 2. The molecule has 0 radical (unpaired) electrons. The van der Waals surface area contributed by atoms with Crippen molar-refractivity contribution in [2.75, 3.05) is 13.1 Å². The van der Waals surface area contributed by atoms with E-state index in [2.05, 4.69) is 20.6 Å². The largest absolute Gasteiger partial charge is 0.390 e. The van der Waals surface area contributed by atoms with Crippen LogP contribution in [-0.4, -0.2) is 57.0 Å². The highest BCUT2D eigenvalue weighted by molar-refractivity contribution is 7.09. The molecule has 1 saturated heterocycles. The van der Waals surface area contributed by atoms with Crippen LogP contribution in [0, 0.1) is 6.92 Å². The number of aliphatic hydroxyl groups excluding tert-OH is 1. The van der Waals surface area contributed by atoms with Crippen LogP contribution in [0.1, 0.15) is 86.4 Å². The summed E-state index contributed by atoms with van der Waals surface area (Å²) >= 11 is 1.52. The molecule has 0 spiro atoms. The van der Waals surface area contributed by atoms with Crippen molar-refractivity contribution in [1.82, 2.24) is 25.5 Å². The zero-order chi connectivity index (χ0) is 33.6. The maximum Gasteiger partial charge on any atom is 0.254 e. The van der Waals surface area contributed by atoms with Crippen LogP contribution < -0.4 is 10.6 Å². The average Bonchev–Trinajstić information content (AvgIpc) is 3.73. The average molecular weight is 662 g/mol. The molecule has 2 amide bonds. The van der Waals surface area contributed by atoms with Gasteiger partial charge < -0.3 is 20.6 Å². The number of benzene rings is 2. The molecular weight excluding hydrogens is 620 g/mol. The number of alkyl halides is 2. The molecule has 1 aliphatic rings. The summed E-state index contributed by atoms with van der Waals surface area (Å²) in [4.78, 5) is 37.9. The summed E-state index contributed by atoms with van der Waals surface area (Å²) < 4.78 is 28.5. The van der Waals surface area contributed by atoms with Crippen molar-refractivity contribution in [3.8, 4) is 0 Å². The minimum absolute atomic E-state index is 0.127. The molecule has 11 heteroatoms. The van der Waals surface area contributed by atoms with Crippen LogP contribution in [0.5, 0.6) is 0 Å². The van der Waals surface area contributed by atoms with Crippen molar-refractivity contribution in [3.63, 3.8) is 0 Å². The first kappa shape index (κ1) is 34.3. The molecular formula is C36H41F2N5O3S. The van der Waals surface area contributed by atoms with Crippen molar-refractivity contribution in [1.29, 1.82) is 0 Å². The van der Waals surface area contributed by atoms with E-state index in [0.29, 0.717) is 25.1 Å². The standard InChI is InChI=1S/C36H41F2N5O3S/c1-23-22-47-34(41-23)31-10-7-11-43(31)35(46)28-13-25(17-37)12-27(16-28)33(45)42-30(15-24-8-5-4-6-9-24)32(44)21-40-19-26-14-29(20-39-18-26)36(2,3)38/h4-6,8-9,12-14,16,18,20,22,30-32,40,44H,7,10-11,15,17,19,21H2,1-3H3,(H,42,45)/t30-,31?,32+/m0/s1. The highest BCUT2D eigenvalue weighted by Gasteiger charge is 2.33. The Bertz CT molecular complexity index is 1680. The fourth-order valence-electron chi connectivity index (χ4n) is 5.80. The van der Waals surface area contributed by atoms with E-state index in [9.17, 15) is 23.5 Å². The van der Waals surface area contributed by atoms with Crippen LogP contribution in [0.15, 0.2) is 72.4 Å². The number of aryl methyl sites for hydroxylation is 1. The van der Waals surface area contributed by atoms with Gasteiger partial charge in [0.2, 0.25) is 0 Å². The minimum Gasteiger partial charge on any atom is -0.390 e. The van der Waals surface area contributed by atoms with Crippen LogP contribution in [0.25, 0.3) is 0 Å². The summed E-state index contributed by atoms with van der Waals surface area (Å²) in [6, 6.07) is 14.8. The lowest BCUT2D eigenvalue weighted by Gasteiger charge is -2.26. The molecule has 0 saturated carbocycles. The lowest BCUT2D eigenvalue weighted by molar-refractivity contribution is 0.0735. The Kier molecular flexibility index (Phi) is 11.1.